The van der Waals surface area contributed by atoms with Gasteiger partial charge in [-0.15, -0.1) is 0 Å². The van der Waals surface area contributed by atoms with Gasteiger partial charge in [0, 0.05) is 6.08 Å². The molecule has 0 saturated carbocycles. The Labute approximate surface area is 183 Å². The van der Waals surface area contributed by atoms with Crippen molar-refractivity contribution in [3.8, 4) is 0 Å². The average Bonchev–Trinajstić information content (AvgIpc) is 2.84. The second kappa shape index (κ2) is 5.50. The van der Waals surface area contributed by atoms with Crippen molar-refractivity contribution < 1.29 is 4.79 Å². The Morgan fingerprint density at radius 1 is 0.594 bits per heavy atom. The zero-order valence-electron chi connectivity index (χ0n) is 17.2. The molecule has 0 amide bonds. The summed E-state index contributed by atoms with van der Waals surface area (Å²) in [5.41, 5.74) is 12.5. The normalized spacial score (nSPS) is 13.9. The summed E-state index contributed by atoms with van der Waals surface area (Å²) in [6.45, 7) is 0. The van der Waals surface area contributed by atoms with Crippen molar-refractivity contribution >= 4 is 70.3 Å². The highest BCUT2D eigenvalue weighted by Gasteiger charge is 2.24. The maximum absolute atomic E-state index is 9.58. The molecule has 8 rings (SSSR count). The number of nitrogens with zero attached hydrogens (tertiary/aromatic N) is 2. The fourth-order valence-corrected chi connectivity index (χ4v) is 6.11. The lowest BCUT2D eigenvalue weighted by atomic mass is 9.81. The van der Waals surface area contributed by atoms with Crippen molar-refractivity contribution in [3.05, 3.63) is 102 Å². The van der Waals surface area contributed by atoms with Crippen LogP contribution in [0.1, 0.15) is 11.1 Å². The van der Waals surface area contributed by atoms with E-state index in [0.717, 1.165) is 12.0 Å². The average molecular weight is 404 g/mol. The van der Waals surface area contributed by atoms with E-state index in [1.807, 2.05) is 6.08 Å². The SMILES string of the molecule is [N-]=[N+]=C1C=CCc2c1cc1ccc3cc4c5ccccc5cc5ccc6cc2c1c3c6c54. The van der Waals surface area contributed by atoms with Crippen LogP contribution in [0.2, 0.25) is 0 Å². The lowest BCUT2D eigenvalue weighted by Crippen LogP contribution is -2.09. The van der Waals surface area contributed by atoms with Gasteiger partial charge in [-0.3, -0.25) is 0 Å². The van der Waals surface area contributed by atoms with Crippen LogP contribution in [0.5, 0.6) is 0 Å². The molecule has 0 spiro atoms. The van der Waals surface area contributed by atoms with Crippen molar-refractivity contribution in [2.24, 2.45) is 0 Å². The molecule has 2 heteroatoms. The number of hydrogen-bond donors (Lipinski definition) is 0. The van der Waals surface area contributed by atoms with Crippen LogP contribution < -0.4 is 0 Å². The molecular weight excluding hydrogens is 388 g/mol. The van der Waals surface area contributed by atoms with Crippen LogP contribution >= 0.6 is 0 Å². The molecule has 2 nitrogen and oxygen atoms in total. The van der Waals surface area contributed by atoms with Crippen LogP contribution in [0.4, 0.5) is 0 Å². The van der Waals surface area contributed by atoms with Gasteiger partial charge in [-0.2, -0.15) is 4.79 Å². The summed E-state index contributed by atoms with van der Waals surface area (Å²) in [6, 6.07) is 27.0. The largest absolute Gasteiger partial charge is 0.361 e. The van der Waals surface area contributed by atoms with E-state index in [4.69, 9.17) is 0 Å². The summed E-state index contributed by atoms with van der Waals surface area (Å²) in [5, 5.41) is 15.6. The highest BCUT2D eigenvalue weighted by atomic mass is 14.9. The molecule has 32 heavy (non-hydrogen) atoms. The van der Waals surface area contributed by atoms with Crippen LogP contribution in [0, 0.1) is 0 Å². The quantitative estimate of drug-likeness (QED) is 0.108. The predicted octanol–water partition coefficient (Wildman–Crippen LogP) is 7.61. The standard InChI is InChI=1S/C30H16N2/c31-32-26-7-3-6-22-23(26)13-18-9-11-19-14-24-21-5-2-1-4-16(21)12-17-8-10-20-15-25(22)28(18)30(19)29(20)27(17)24/h1-5,7-15H,6H2. The van der Waals surface area contributed by atoms with E-state index < -0.39 is 0 Å². The second-order valence-corrected chi connectivity index (χ2v) is 8.96. The molecule has 0 bridgehead atoms. The molecule has 146 valence electrons. The van der Waals surface area contributed by atoms with Crippen LogP contribution in [0.3, 0.4) is 0 Å². The molecule has 0 aromatic heterocycles. The van der Waals surface area contributed by atoms with E-state index in [1.165, 1.54) is 70.2 Å². The number of hydrogen-bond acceptors (Lipinski definition) is 0. The summed E-state index contributed by atoms with van der Waals surface area (Å²) in [7, 11) is 0. The van der Waals surface area contributed by atoms with Gasteiger partial charge >= 0.3 is 5.71 Å². The lowest BCUT2D eigenvalue weighted by molar-refractivity contribution is -0.00231. The minimum atomic E-state index is 0.639. The Kier molecular flexibility index (Phi) is 2.83. The third-order valence-electron chi connectivity index (χ3n) is 7.42. The van der Waals surface area contributed by atoms with Crippen molar-refractivity contribution in [2.75, 3.05) is 0 Å². The van der Waals surface area contributed by atoms with E-state index in [-0.39, 0.29) is 0 Å². The minimum absolute atomic E-state index is 0.639. The topological polar surface area (TPSA) is 36.4 Å². The van der Waals surface area contributed by atoms with Gasteiger partial charge in [0.1, 0.15) is 0 Å². The first-order valence-corrected chi connectivity index (χ1v) is 11.0. The molecule has 1 aliphatic carbocycles. The van der Waals surface area contributed by atoms with Crippen molar-refractivity contribution in [3.63, 3.8) is 0 Å². The Morgan fingerprint density at radius 3 is 2.03 bits per heavy atom. The first kappa shape index (κ1) is 16.4. The number of allylic oxidation sites excluding steroid dienone is 2. The Bertz CT molecular complexity index is 2000. The van der Waals surface area contributed by atoms with Gasteiger partial charge in [-0.05, 0) is 101 Å². The van der Waals surface area contributed by atoms with Gasteiger partial charge < -0.3 is 5.53 Å². The van der Waals surface area contributed by atoms with Crippen LogP contribution in [-0.2, 0) is 6.42 Å². The second-order valence-electron chi connectivity index (χ2n) is 8.96. The third-order valence-corrected chi connectivity index (χ3v) is 7.42. The fourth-order valence-electron chi connectivity index (χ4n) is 6.11. The van der Waals surface area contributed by atoms with E-state index in [0.29, 0.717) is 5.71 Å². The molecule has 0 fully saturated rings. The molecule has 0 heterocycles. The summed E-state index contributed by atoms with van der Waals surface area (Å²) < 4.78 is 0. The molecule has 7 aromatic rings. The van der Waals surface area contributed by atoms with Gasteiger partial charge in [0.25, 0.3) is 0 Å². The Balaban J connectivity index is 1.70. The zero-order valence-corrected chi connectivity index (χ0v) is 17.2. The summed E-state index contributed by atoms with van der Waals surface area (Å²) in [5.74, 6) is 0. The monoisotopic (exact) mass is 404 g/mol. The molecule has 0 aliphatic heterocycles. The highest BCUT2D eigenvalue weighted by Crippen LogP contribution is 2.46. The van der Waals surface area contributed by atoms with Crippen molar-refractivity contribution in [2.45, 2.75) is 6.42 Å². The fraction of sp³-hybridized carbons (Fsp3) is 0.0333. The van der Waals surface area contributed by atoms with E-state index >= 15 is 0 Å². The van der Waals surface area contributed by atoms with Crippen LogP contribution in [0.15, 0.2) is 84.9 Å². The molecular formula is C30H16N2. The summed E-state index contributed by atoms with van der Waals surface area (Å²) >= 11 is 0. The molecule has 7 aromatic carbocycles. The third kappa shape index (κ3) is 1.83. The Morgan fingerprint density at radius 2 is 1.25 bits per heavy atom. The number of benzene rings is 7. The van der Waals surface area contributed by atoms with Crippen molar-refractivity contribution in [1.29, 1.82) is 0 Å². The molecule has 0 atom stereocenters. The lowest BCUT2D eigenvalue weighted by Gasteiger charge is -2.21. The first-order chi connectivity index (χ1) is 15.8. The number of rotatable bonds is 0. The molecule has 0 unspecified atom stereocenters. The van der Waals surface area contributed by atoms with Gasteiger partial charge in [-0.25, -0.2) is 0 Å². The molecule has 0 radical (unpaired) electrons. The minimum Gasteiger partial charge on any atom is -0.361 e. The van der Waals surface area contributed by atoms with E-state index in [1.54, 1.807) is 0 Å². The van der Waals surface area contributed by atoms with Crippen LogP contribution in [-0.4, -0.2) is 10.5 Å². The summed E-state index contributed by atoms with van der Waals surface area (Å²) in [4.78, 5) is 3.56. The molecule has 0 N–H and O–H groups in total. The van der Waals surface area contributed by atoms with Gasteiger partial charge in [-0.1, -0.05) is 54.6 Å². The van der Waals surface area contributed by atoms with Gasteiger partial charge in [0.15, 0.2) is 0 Å². The zero-order chi connectivity index (χ0) is 21.0. The van der Waals surface area contributed by atoms with Gasteiger partial charge in [0.05, 0.1) is 5.56 Å². The smallest absolute Gasteiger partial charge is 0.322 e. The van der Waals surface area contributed by atoms with Gasteiger partial charge in [0.2, 0.25) is 0 Å². The summed E-state index contributed by atoms with van der Waals surface area (Å²) in [6.07, 6.45) is 4.85. The molecule has 0 saturated heterocycles. The van der Waals surface area contributed by atoms with Crippen LogP contribution in [0.25, 0.3) is 70.2 Å². The first-order valence-electron chi connectivity index (χ1n) is 11.0. The molecule has 1 aliphatic rings. The maximum Gasteiger partial charge on any atom is 0.322 e. The maximum atomic E-state index is 9.58. The number of fused-ring (bicyclic) bond motifs is 4. The van der Waals surface area contributed by atoms with E-state index in [2.05, 4.69) is 83.7 Å². The van der Waals surface area contributed by atoms with E-state index in [9.17, 15) is 5.53 Å². The van der Waals surface area contributed by atoms with Crippen molar-refractivity contribution in [1.82, 2.24) is 0 Å². The highest BCUT2D eigenvalue weighted by molar-refractivity contribution is 6.39. The predicted molar refractivity (Wildman–Crippen MR) is 134 cm³/mol. The Hall–Kier alpha value is -4.26.